The Morgan fingerprint density at radius 2 is 2.15 bits per heavy atom. The summed E-state index contributed by atoms with van der Waals surface area (Å²) in [7, 11) is 1.81. The smallest absolute Gasteiger partial charge is 0.0666 e. The average molecular weight is 202 g/mol. The number of rotatable bonds is 3. The van der Waals surface area contributed by atoms with E-state index in [0.29, 0.717) is 12.2 Å². The lowest BCUT2D eigenvalue weighted by molar-refractivity contribution is 0.0454. The minimum atomic E-state index is 0.464. The van der Waals surface area contributed by atoms with E-state index in [2.05, 4.69) is 18.7 Å². The van der Waals surface area contributed by atoms with Crippen LogP contribution in [0.5, 0.6) is 0 Å². The summed E-state index contributed by atoms with van der Waals surface area (Å²) in [5.41, 5.74) is 0. The molecule has 0 bridgehead atoms. The van der Waals surface area contributed by atoms with E-state index in [9.17, 15) is 0 Å². The predicted octanol–water partition coefficient (Wildman–Crippen LogP) is 2.07. The fourth-order valence-corrected chi connectivity index (χ4v) is 3.64. The minimum Gasteiger partial charge on any atom is -0.381 e. The zero-order valence-electron chi connectivity index (χ0n) is 8.36. The molecule has 0 radical (unpaired) electrons. The Hall–Kier alpha value is 0.270. The molecule has 2 atom stereocenters. The highest BCUT2D eigenvalue weighted by Crippen LogP contribution is 2.39. The summed E-state index contributed by atoms with van der Waals surface area (Å²) in [6, 6.07) is 0. The first-order valence-corrected chi connectivity index (χ1v) is 6.03. The molecule has 0 N–H and O–H groups in total. The van der Waals surface area contributed by atoms with Gasteiger partial charge in [0.25, 0.3) is 0 Å². The molecule has 2 fully saturated rings. The molecule has 2 nitrogen and oxygen atoms in total. The van der Waals surface area contributed by atoms with Crippen molar-refractivity contribution in [1.82, 2.24) is 0 Å². The minimum absolute atomic E-state index is 0.464. The van der Waals surface area contributed by atoms with Crippen molar-refractivity contribution in [2.45, 2.75) is 48.9 Å². The van der Waals surface area contributed by atoms with Crippen LogP contribution in [0.2, 0.25) is 0 Å². The highest BCUT2D eigenvalue weighted by Gasteiger charge is 2.34. The van der Waals surface area contributed by atoms with Crippen LogP contribution in [-0.4, -0.2) is 36.4 Å². The van der Waals surface area contributed by atoms with Crippen LogP contribution >= 0.6 is 11.8 Å². The second kappa shape index (κ2) is 4.20. The Bertz CT molecular complexity index is 168. The molecule has 3 heteroatoms. The molecule has 0 amide bonds. The molecular formula is C10H18O2S. The van der Waals surface area contributed by atoms with Crippen LogP contribution in [0.15, 0.2) is 0 Å². The van der Waals surface area contributed by atoms with E-state index in [4.69, 9.17) is 9.47 Å². The molecule has 1 saturated carbocycles. The number of methoxy groups -OCH3 is 1. The van der Waals surface area contributed by atoms with Gasteiger partial charge in [-0.3, -0.25) is 0 Å². The molecule has 0 aromatic heterocycles. The van der Waals surface area contributed by atoms with Crippen LogP contribution in [0.3, 0.4) is 0 Å². The van der Waals surface area contributed by atoms with Crippen molar-refractivity contribution in [3.63, 3.8) is 0 Å². The first kappa shape index (κ1) is 9.81. The van der Waals surface area contributed by atoms with Gasteiger partial charge >= 0.3 is 0 Å². The van der Waals surface area contributed by atoms with Gasteiger partial charge in [-0.05, 0) is 26.2 Å². The second-order valence-electron chi connectivity index (χ2n) is 3.99. The Kier molecular flexibility index (Phi) is 3.17. The summed E-state index contributed by atoms with van der Waals surface area (Å²) >= 11 is 2.12. The molecule has 1 saturated heterocycles. The van der Waals surface area contributed by atoms with E-state index in [1.807, 2.05) is 7.11 Å². The molecule has 0 aromatic rings. The first-order valence-electron chi connectivity index (χ1n) is 5.09. The Morgan fingerprint density at radius 1 is 1.38 bits per heavy atom. The highest BCUT2D eigenvalue weighted by molar-refractivity contribution is 8.00. The van der Waals surface area contributed by atoms with Gasteiger partial charge in [-0.25, -0.2) is 0 Å². The van der Waals surface area contributed by atoms with Crippen molar-refractivity contribution in [1.29, 1.82) is 0 Å². The molecule has 13 heavy (non-hydrogen) atoms. The van der Waals surface area contributed by atoms with Crippen LogP contribution in [0.1, 0.15) is 26.2 Å². The largest absolute Gasteiger partial charge is 0.381 e. The van der Waals surface area contributed by atoms with Crippen molar-refractivity contribution in [2.24, 2.45) is 0 Å². The molecule has 0 spiro atoms. The summed E-state index contributed by atoms with van der Waals surface area (Å²) in [6.45, 7) is 3.15. The van der Waals surface area contributed by atoms with Gasteiger partial charge in [0.1, 0.15) is 0 Å². The second-order valence-corrected chi connectivity index (χ2v) is 5.53. The average Bonchev–Trinajstić information content (AvgIpc) is 2.43. The van der Waals surface area contributed by atoms with E-state index in [0.717, 1.165) is 17.1 Å². The Balaban J connectivity index is 1.68. The third-order valence-electron chi connectivity index (χ3n) is 3.06. The zero-order valence-corrected chi connectivity index (χ0v) is 9.18. The van der Waals surface area contributed by atoms with Crippen molar-refractivity contribution in [3.05, 3.63) is 0 Å². The van der Waals surface area contributed by atoms with Crippen molar-refractivity contribution in [2.75, 3.05) is 13.7 Å². The first-order chi connectivity index (χ1) is 6.29. The lowest BCUT2D eigenvalue weighted by Crippen LogP contribution is -2.34. The van der Waals surface area contributed by atoms with Crippen LogP contribution in [-0.2, 0) is 9.47 Å². The van der Waals surface area contributed by atoms with E-state index in [-0.39, 0.29) is 0 Å². The molecule has 1 heterocycles. The molecule has 2 unspecified atom stereocenters. The normalized spacial score (nSPS) is 44.8. The van der Waals surface area contributed by atoms with Gasteiger partial charge in [-0.2, -0.15) is 11.8 Å². The molecule has 1 aliphatic heterocycles. The fraction of sp³-hybridized carbons (Fsp3) is 1.00. The van der Waals surface area contributed by atoms with Gasteiger partial charge < -0.3 is 9.47 Å². The maximum Gasteiger partial charge on any atom is 0.0666 e. The van der Waals surface area contributed by atoms with Crippen LogP contribution < -0.4 is 0 Å². The van der Waals surface area contributed by atoms with E-state index in [1.54, 1.807) is 0 Å². The molecule has 76 valence electrons. The van der Waals surface area contributed by atoms with E-state index in [1.165, 1.54) is 19.3 Å². The third-order valence-corrected chi connectivity index (χ3v) is 4.80. The molecule has 1 aliphatic carbocycles. The van der Waals surface area contributed by atoms with Crippen molar-refractivity contribution in [3.8, 4) is 0 Å². The lowest BCUT2D eigenvalue weighted by atomic mass is 9.95. The quantitative estimate of drug-likeness (QED) is 0.698. The monoisotopic (exact) mass is 202 g/mol. The van der Waals surface area contributed by atoms with Crippen molar-refractivity contribution < 1.29 is 9.47 Å². The highest BCUT2D eigenvalue weighted by atomic mass is 32.2. The fourth-order valence-electron chi connectivity index (χ4n) is 1.96. The van der Waals surface area contributed by atoms with Gasteiger partial charge in [-0.1, -0.05) is 0 Å². The number of ether oxygens (including phenoxy) is 2. The zero-order chi connectivity index (χ0) is 9.26. The number of hydrogen-bond donors (Lipinski definition) is 0. The summed E-state index contributed by atoms with van der Waals surface area (Å²) < 4.78 is 10.8. The maximum atomic E-state index is 5.54. The summed E-state index contributed by atoms with van der Waals surface area (Å²) in [6.07, 6.45) is 4.72. The predicted molar refractivity (Wildman–Crippen MR) is 55.2 cm³/mol. The Morgan fingerprint density at radius 3 is 2.69 bits per heavy atom. The van der Waals surface area contributed by atoms with Gasteiger partial charge in [0.15, 0.2) is 0 Å². The third kappa shape index (κ3) is 2.20. The van der Waals surface area contributed by atoms with E-state index < -0.39 is 0 Å². The lowest BCUT2D eigenvalue weighted by Gasteiger charge is -2.35. The van der Waals surface area contributed by atoms with Gasteiger partial charge in [0, 0.05) is 24.2 Å². The van der Waals surface area contributed by atoms with Crippen molar-refractivity contribution >= 4 is 11.8 Å². The van der Waals surface area contributed by atoms with Gasteiger partial charge in [0.2, 0.25) is 0 Å². The molecular weight excluding hydrogens is 184 g/mol. The summed E-state index contributed by atoms with van der Waals surface area (Å²) in [5.74, 6) is 0. The van der Waals surface area contributed by atoms with Crippen LogP contribution in [0.4, 0.5) is 0 Å². The van der Waals surface area contributed by atoms with Crippen LogP contribution in [0, 0.1) is 0 Å². The number of thioether (sulfide) groups is 1. The molecule has 2 aliphatic rings. The topological polar surface area (TPSA) is 18.5 Å². The Labute approximate surface area is 84.4 Å². The standard InChI is InChI=1S/C10H18O2S/c1-7-10(3-4-12-7)13-9-5-8(6-9)11-2/h7-10H,3-6H2,1-2H3. The maximum absolute atomic E-state index is 5.54. The van der Waals surface area contributed by atoms with E-state index >= 15 is 0 Å². The SMILES string of the molecule is COC1CC(SC2CCOC2C)C1. The summed E-state index contributed by atoms with van der Waals surface area (Å²) in [4.78, 5) is 0. The van der Waals surface area contributed by atoms with Gasteiger partial charge in [0.05, 0.1) is 12.2 Å². The van der Waals surface area contributed by atoms with Crippen LogP contribution in [0.25, 0.3) is 0 Å². The van der Waals surface area contributed by atoms with Gasteiger partial charge in [-0.15, -0.1) is 0 Å². The summed E-state index contributed by atoms with van der Waals surface area (Å²) in [5, 5.41) is 1.57. The number of hydrogen-bond acceptors (Lipinski definition) is 3. The molecule has 2 rings (SSSR count). The molecule has 0 aromatic carbocycles.